The van der Waals surface area contributed by atoms with Gasteiger partial charge < -0.3 is 9.72 Å². The number of aromatic nitrogens is 2. The lowest BCUT2D eigenvalue weighted by molar-refractivity contribution is 0.415. The molecule has 0 spiro atoms. The van der Waals surface area contributed by atoms with E-state index in [0.717, 1.165) is 5.56 Å². The predicted octanol–water partition coefficient (Wildman–Crippen LogP) is 4.14. The van der Waals surface area contributed by atoms with Gasteiger partial charge in [-0.05, 0) is 23.6 Å². The Morgan fingerprint density at radius 3 is 2.39 bits per heavy atom. The van der Waals surface area contributed by atoms with E-state index in [0.29, 0.717) is 28.4 Å². The van der Waals surface area contributed by atoms with E-state index >= 15 is 0 Å². The van der Waals surface area contributed by atoms with Crippen LogP contribution in [0.4, 0.5) is 0 Å². The van der Waals surface area contributed by atoms with Crippen molar-refractivity contribution in [2.75, 3.05) is 7.11 Å². The third kappa shape index (κ3) is 3.37. The lowest BCUT2D eigenvalue weighted by Gasteiger charge is -2.08. The molecule has 3 rings (SSSR count). The Balaban J connectivity index is 0.00000192. The summed E-state index contributed by atoms with van der Waals surface area (Å²) in [7, 11) is 1.60. The minimum absolute atomic E-state index is 0. The maximum atomic E-state index is 12.2. The van der Waals surface area contributed by atoms with Crippen LogP contribution in [-0.2, 0) is 0 Å². The van der Waals surface area contributed by atoms with Crippen LogP contribution < -0.4 is 10.3 Å². The van der Waals surface area contributed by atoms with Crippen LogP contribution in [0.1, 0.15) is 25.3 Å². The molecule has 120 valence electrons. The molecule has 0 aliphatic rings. The summed E-state index contributed by atoms with van der Waals surface area (Å²) in [5.74, 6) is 1.73. The molecule has 0 fully saturated rings. The first-order valence-electron chi connectivity index (χ1n) is 7.27. The first-order valence-corrected chi connectivity index (χ1v) is 7.27. The molecule has 0 bridgehead atoms. The molecule has 1 heterocycles. The zero-order valence-electron chi connectivity index (χ0n) is 13.3. The van der Waals surface area contributed by atoms with E-state index in [1.54, 1.807) is 25.3 Å². The molecule has 1 N–H and O–H groups in total. The van der Waals surface area contributed by atoms with E-state index < -0.39 is 0 Å². The lowest BCUT2D eigenvalue weighted by atomic mass is 10.0. The standard InChI is InChI=1S/C18H18N2O2.ClH/c1-11(2)12-4-6-13(7-5-12)17-19-16-10-14(22-3)8-9-15(16)18(21)20-17;/h4-11H,1-3H3,(H,19,20,21);1H. The average Bonchev–Trinajstić information content (AvgIpc) is 2.54. The number of benzene rings is 2. The molecule has 0 amide bonds. The first-order chi connectivity index (χ1) is 10.6. The van der Waals surface area contributed by atoms with Crippen molar-refractivity contribution < 1.29 is 4.74 Å². The van der Waals surface area contributed by atoms with Crippen molar-refractivity contribution in [3.63, 3.8) is 0 Å². The topological polar surface area (TPSA) is 55.0 Å². The fourth-order valence-electron chi connectivity index (χ4n) is 2.41. The number of rotatable bonds is 3. The number of fused-ring (bicyclic) bond motifs is 1. The van der Waals surface area contributed by atoms with Crippen molar-refractivity contribution in [1.29, 1.82) is 0 Å². The lowest BCUT2D eigenvalue weighted by Crippen LogP contribution is -2.09. The number of nitrogens with one attached hydrogen (secondary N) is 1. The van der Waals surface area contributed by atoms with E-state index in [-0.39, 0.29) is 18.0 Å². The number of H-pyrrole nitrogens is 1. The number of aromatic amines is 1. The van der Waals surface area contributed by atoms with Crippen molar-refractivity contribution in [2.45, 2.75) is 19.8 Å². The van der Waals surface area contributed by atoms with Crippen LogP contribution in [0.25, 0.3) is 22.3 Å². The summed E-state index contributed by atoms with van der Waals surface area (Å²) < 4.78 is 5.20. The molecular weight excluding hydrogens is 312 g/mol. The van der Waals surface area contributed by atoms with Crippen molar-refractivity contribution in [3.8, 4) is 17.1 Å². The summed E-state index contributed by atoms with van der Waals surface area (Å²) in [5, 5.41) is 0.559. The summed E-state index contributed by atoms with van der Waals surface area (Å²) in [6, 6.07) is 13.4. The Morgan fingerprint density at radius 1 is 1.09 bits per heavy atom. The fourth-order valence-corrected chi connectivity index (χ4v) is 2.41. The third-order valence-electron chi connectivity index (χ3n) is 3.76. The molecule has 0 aliphatic carbocycles. The van der Waals surface area contributed by atoms with E-state index in [2.05, 4.69) is 35.9 Å². The van der Waals surface area contributed by atoms with E-state index in [9.17, 15) is 4.79 Å². The van der Waals surface area contributed by atoms with Crippen molar-refractivity contribution in [3.05, 3.63) is 58.4 Å². The van der Waals surface area contributed by atoms with Gasteiger partial charge in [0.25, 0.3) is 5.56 Å². The summed E-state index contributed by atoms with van der Waals surface area (Å²) in [4.78, 5) is 19.6. The summed E-state index contributed by atoms with van der Waals surface area (Å²) in [5.41, 5.74) is 2.64. The van der Waals surface area contributed by atoms with Crippen LogP contribution in [0.3, 0.4) is 0 Å². The second-order valence-corrected chi connectivity index (χ2v) is 5.57. The Bertz CT molecular complexity index is 870. The minimum atomic E-state index is -0.143. The molecule has 4 nitrogen and oxygen atoms in total. The van der Waals surface area contributed by atoms with Gasteiger partial charge in [0, 0.05) is 11.6 Å². The molecular formula is C18H19ClN2O2. The highest BCUT2D eigenvalue weighted by molar-refractivity contribution is 5.85. The minimum Gasteiger partial charge on any atom is -0.497 e. The Morgan fingerprint density at radius 2 is 1.78 bits per heavy atom. The van der Waals surface area contributed by atoms with Gasteiger partial charge in [-0.3, -0.25) is 4.79 Å². The van der Waals surface area contributed by atoms with Crippen LogP contribution in [0.15, 0.2) is 47.3 Å². The van der Waals surface area contributed by atoms with Crippen LogP contribution in [0.2, 0.25) is 0 Å². The number of hydrogen-bond donors (Lipinski definition) is 1. The van der Waals surface area contributed by atoms with Gasteiger partial charge in [-0.2, -0.15) is 0 Å². The van der Waals surface area contributed by atoms with Gasteiger partial charge in [-0.25, -0.2) is 4.98 Å². The molecule has 3 aromatic rings. The second kappa shape index (κ2) is 6.84. The maximum Gasteiger partial charge on any atom is 0.259 e. The Labute approximate surface area is 140 Å². The van der Waals surface area contributed by atoms with Crippen LogP contribution in [0.5, 0.6) is 5.75 Å². The summed E-state index contributed by atoms with van der Waals surface area (Å²) in [6.45, 7) is 4.30. The van der Waals surface area contributed by atoms with Gasteiger partial charge in [-0.15, -0.1) is 12.4 Å². The zero-order chi connectivity index (χ0) is 15.7. The van der Waals surface area contributed by atoms with Crippen molar-refractivity contribution in [2.24, 2.45) is 0 Å². The second-order valence-electron chi connectivity index (χ2n) is 5.57. The van der Waals surface area contributed by atoms with E-state index in [1.807, 2.05) is 12.1 Å². The summed E-state index contributed by atoms with van der Waals surface area (Å²) in [6.07, 6.45) is 0. The quantitative estimate of drug-likeness (QED) is 0.785. The number of hydrogen-bond acceptors (Lipinski definition) is 3. The largest absolute Gasteiger partial charge is 0.497 e. The van der Waals surface area contributed by atoms with Crippen LogP contribution in [0, 0.1) is 0 Å². The van der Waals surface area contributed by atoms with Crippen molar-refractivity contribution in [1.82, 2.24) is 9.97 Å². The number of halogens is 1. The molecule has 5 heteroatoms. The molecule has 0 saturated carbocycles. The molecule has 1 aromatic heterocycles. The highest BCUT2D eigenvalue weighted by Crippen LogP contribution is 2.22. The number of nitrogens with zero attached hydrogens (tertiary/aromatic N) is 1. The van der Waals surface area contributed by atoms with Crippen LogP contribution in [-0.4, -0.2) is 17.1 Å². The van der Waals surface area contributed by atoms with Gasteiger partial charge in [-0.1, -0.05) is 38.1 Å². The maximum absolute atomic E-state index is 12.2. The van der Waals surface area contributed by atoms with Gasteiger partial charge in [0.05, 0.1) is 18.0 Å². The molecule has 0 aliphatic heterocycles. The average molecular weight is 331 g/mol. The predicted molar refractivity (Wildman–Crippen MR) is 95.7 cm³/mol. The Kier molecular flexibility index (Phi) is 5.06. The molecule has 23 heavy (non-hydrogen) atoms. The molecule has 2 aromatic carbocycles. The van der Waals surface area contributed by atoms with Gasteiger partial charge in [0.2, 0.25) is 0 Å². The first kappa shape index (κ1) is 17.0. The number of methoxy groups -OCH3 is 1. The number of ether oxygens (including phenoxy) is 1. The zero-order valence-corrected chi connectivity index (χ0v) is 14.1. The molecule has 0 atom stereocenters. The third-order valence-corrected chi connectivity index (χ3v) is 3.76. The SMILES string of the molecule is COc1ccc2c(=O)[nH]c(-c3ccc(C(C)C)cc3)nc2c1.Cl. The van der Waals surface area contributed by atoms with Crippen LogP contribution >= 0.6 is 12.4 Å². The Hall–Kier alpha value is -2.33. The van der Waals surface area contributed by atoms with Gasteiger partial charge in [0.15, 0.2) is 0 Å². The highest BCUT2D eigenvalue weighted by Gasteiger charge is 2.08. The van der Waals surface area contributed by atoms with Crippen molar-refractivity contribution >= 4 is 23.3 Å². The van der Waals surface area contributed by atoms with E-state index in [4.69, 9.17) is 4.74 Å². The molecule has 0 radical (unpaired) electrons. The fraction of sp³-hybridized carbons (Fsp3) is 0.222. The summed E-state index contributed by atoms with van der Waals surface area (Å²) >= 11 is 0. The van der Waals surface area contributed by atoms with Gasteiger partial charge >= 0.3 is 0 Å². The van der Waals surface area contributed by atoms with E-state index in [1.165, 1.54) is 5.56 Å². The molecule has 0 saturated heterocycles. The molecule has 0 unspecified atom stereocenters. The monoisotopic (exact) mass is 330 g/mol. The highest BCUT2D eigenvalue weighted by atomic mass is 35.5. The smallest absolute Gasteiger partial charge is 0.259 e. The normalized spacial score (nSPS) is 10.6. The van der Waals surface area contributed by atoms with Gasteiger partial charge in [0.1, 0.15) is 11.6 Å².